The highest BCUT2D eigenvalue weighted by Gasteiger charge is 2.25. The summed E-state index contributed by atoms with van der Waals surface area (Å²) >= 11 is 0. The fourth-order valence-electron chi connectivity index (χ4n) is 0.887. The van der Waals surface area contributed by atoms with E-state index in [1.165, 1.54) is 0 Å². The Hall–Kier alpha value is -0.600. The van der Waals surface area contributed by atoms with Gasteiger partial charge in [-0.2, -0.15) is 0 Å². The van der Waals surface area contributed by atoms with Gasteiger partial charge in [-0.15, -0.1) is 0 Å². The van der Waals surface area contributed by atoms with E-state index >= 15 is 0 Å². The second-order valence-corrected chi connectivity index (χ2v) is 2.75. The van der Waals surface area contributed by atoms with Crippen molar-refractivity contribution in [2.45, 2.75) is 13.8 Å². The van der Waals surface area contributed by atoms with Crippen LogP contribution in [0.2, 0.25) is 0 Å². The third-order valence-electron chi connectivity index (χ3n) is 1.90. The lowest BCUT2D eigenvalue weighted by Gasteiger charge is -2.26. The van der Waals surface area contributed by atoms with Gasteiger partial charge in [0.2, 0.25) is 0 Å². The molecule has 0 saturated carbocycles. The van der Waals surface area contributed by atoms with Crippen molar-refractivity contribution in [3.8, 4) is 0 Å². The molecule has 0 aromatic carbocycles. The first-order valence-electron chi connectivity index (χ1n) is 3.64. The normalized spacial score (nSPS) is 12.4. The van der Waals surface area contributed by atoms with Gasteiger partial charge in [0.25, 0.3) is 0 Å². The molecule has 0 amide bonds. The minimum atomic E-state index is -0.630. The number of hydrogen-bond acceptors (Lipinski definition) is 2. The average molecular weight is 156 g/mol. The molecule has 0 radical (unpaired) electrons. The summed E-state index contributed by atoms with van der Waals surface area (Å²) in [5.41, 5.74) is 0.148. The largest absolute Gasteiger partial charge is 0.395 e. The van der Waals surface area contributed by atoms with E-state index in [0.717, 1.165) is 5.57 Å². The molecule has 0 aliphatic rings. The van der Waals surface area contributed by atoms with Crippen LogP contribution in [0.3, 0.4) is 0 Å². The first-order chi connectivity index (χ1) is 5.13. The Kier molecular flexibility index (Phi) is 4.08. The van der Waals surface area contributed by atoms with Gasteiger partial charge in [0.15, 0.2) is 0 Å². The van der Waals surface area contributed by atoms with Gasteiger partial charge in [-0.05, 0) is 13.8 Å². The summed E-state index contributed by atoms with van der Waals surface area (Å²) in [6.45, 7) is 7.18. The number of allylic oxidation sites excluding steroid dienone is 1. The Morgan fingerprint density at radius 2 is 1.91 bits per heavy atom. The summed E-state index contributed by atoms with van der Waals surface area (Å²) in [6.07, 6.45) is 3.58. The Balaban J connectivity index is 4.60. The number of aliphatic hydroxyl groups is 2. The number of rotatable bonds is 4. The molecule has 0 rings (SSSR count). The van der Waals surface area contributed by atoms with Crippen LogP contribution in [0.1, 0.15) is 13.8 Å². The lowest BCUT2D eigenvalue weighted by atomic mass is 9.83. The molecule has 0 aliphatic carbocycles. The summed E-state index contributed by atoms with van der Waals surface area (Å²) in [4.78, 5) is 0. The van der Waals surface area contributed by atoms with Crippen molar-refractivity contribution in [1.29, 1.82) is 0 Å². The molecule has 0 aromatic heterocycles. The summed E-state index contributed by atoms with van der Waals surface area (Å²) < 4.78 is 0. The van der Waals surface area contributed by atoms with Crippen LogP contribution in [0.15, 0.2) is 24.3 Å². The van der Waals surface area contributed by atoms with Crippen molar-refractivity contribution in [2.24, 2.45) is 5.41 Å². The van der Waals surface area contributed by atoms with Gasteiger partial charge >= 0.3 is 0 Å². The molecule has 0 aromatic rings. The Bertz CT molecular complexity index is 155. The van der Waals surface area contributed by atoms with E-state index in [9.17, 15) is 0 Å². The maximum atomic E-state index is 9.01. The molecule has 2 nitrogen and oxygen atoms in total. The topological polar surface area (TPSA) is 40.5 Å². The second-order valence-electron chi connectivity index (χ2n) is 2.75. The van der Waals surface area contributed by atoms with Crippen molar-refractivity contribution in [2.75, 3.05) is 13.2 Å². The summed E-state index contributed by atoms with van der Waals surface area (Å²) in [5, 5.41) is 18.0. The van der Waals surface area contributed by atoms with Crippen LogP contribution < -0.4 is 0 Å². The summed E-state index contributed by atoms with van der Waals surface area (Å²) in [5.74, 6) is 0. The highest BCUT2D eigenvalue weighted by Crippen LogP contribution is 2.26. The zero-order chi connectivity index (χ0) is 8.91. The van der Waals surface area contributed by atoms with Gasteiger partial charge in [0.05, 0.1) is 18.6 Å². The van der Waals surface area contributed by atoms with E-state index in [1.54, 1.807) is 19.1 Å². The summed E-state index contributed by atoms with van der Waals surface area (Å²) in [7, 11) is 0. The number of hydrogen-bond donors (Lipinski definition) is 2. The van der Waals surface area contributed by atoms with Crippen LogP contribution in [-0.4, -0.2) is 23.4 Å². The van der Waals surface area contributed by atoms with Gasteiger partial charge in [0, 0.05) is 0 Å². The van der Waals surface area contributed by atoms with E-state index < -0.39 is 5.41 Å². The average Bonchev–Trinajstić information content (AvgIpc) is 2.00. The molecule has 0 fully saturated rings. The minimum Gasteiger partial charge on any atom is -0.395 e. The maximum Gasteiger partial charge on any atom is 0.0581 e. The molecule has 2 N–H and O–H groups in total. The third-order valence-corrected chi connectivity index (χ3v) is 1.90. The van der Waals surface area contributed by atoms with Crippen molar-refractivity contribution in [3.05, 3.63) is 24.3 Å². The van der Waals surface area contributed by atoms with Crippen LogP contribution in [-0.2, 0) is 0 Å². The van der Waals surface area contributed by atoms with Crippen LogP contribution in [0.5, 0.6) is 0 Å². The fourth-order valence-corrected chi connectivity index (χ4v) is 0.887. The van der Waals surface area contributed by atoms with E-state index in [0.29, 0.717) is 0 Å². The maximum absolute atomic E-state index is 9.01. The number of aliphatic hydroxyl groups excluding tert-OH is 2. The first kappa shape index (κ1) is 10.4. The first-order valence-corrected chi connectivity index (χ1v) is 3.64. The highest BCUT2D eigenvalue weighted by atomic mass is 16.3. The van der Waals surface area contributed by atoms with E-state index in [-0.39, 0.29) is 13.2 Å². The molecule has 64 valence electrons. The van der Waals surface area contributed by atoms with E-state index in [2.05, 4.69) is 6.58 Å². The molecule has 0 bridgehead atoms. The molecule has 0 spiro atoms. The van der Waals surface area contributed by atoms with Crippen molar-refractivity contribution < 1.29 is 10.2 Å². The molecule has 2 heteroatoms. The summed E-state index contributed by atoms with van der Waals surface area (Å²) in [6, 6.07) is 0. The predicted octanol–water partition coefficient (Wildman–Crippen LogP) is 1.11. The standard InChI is InChI=1S/C9H16O2/c1-4-5-9(6-10,7-11)8(2)3/h4-5,10-11H,2,6-7H2,1,3H3. The van der Waals surface area contributed by atoms with Crippen LogP contribution in [0.25, 0.3) is 0 Å². The molecule has 0 atom stereocenters. The second kappa shape index (κ2) is 4.31. The predicted molar refractivity (Wildman–Crippen MR) is 46.2 cm³/mol. The van der Waals surface area contributed by atoms with E-state index in [1.807, 2.05) is 6.92 Å². The quantitative estimate of drug-likeness (QED) is 0.598. The van der Waals surface area contributed by atoms with Gasteiger partial charge in [-0.3, -0.25) is 0 Å². The lowest BCUT2D eigenvalue weighted by molar-refractivity contribution is 0.121. The third kappa shape index (κ3) is 2.17. The van der Waals surface area contributed by atoms with Crippen molar-refractivity contribution >= 4 is 0 Å². The SMILES string of the molecule is C=C(C)C(C=CC)(CO)CO. The van der Waals surface area contributed by atoms with Crippen LogP contribution >= 0.6 is 0 Å². The molecule has 0 unspecified atom stereocenters. The molecular formula is C9H16O2. The molecule has 11 heavy (non-hydrogen) atoms. The van der Waals surface area contributed by atoms with Gasteiger partial charge < -0.3 is 10.2 Å². The highest BCUT2D eigenvalue weighted by molar-refractivity contribution is 5.17. The van der Waals surface area contributed by atoms with Crippen molar-refractivity contribution in [1.82, 2.24) is 0 Å². The zero-order valence-corrected chi connectivity index (χ0v) is 7.17. The van der Waals surface area contributed by atoms with E-state index in [4.69, 9.17) is 10.2 Å². The molecule has 0 saturated heterocycles. The van der Waals surface area contributed by atoms with Crippen molar-refractivity contribution in [3.63, 3.8) is 0 Å². The fraction of sp³-hybridized carbons (Fsp3) is 0.556. The van der Waals surface area contributed by atoms with Gasteiger partial charge in [0.1, 0.15) is 0 Å². The smallest absolute Gasteiger partial charge is 0.0581 e. The van der Waals surface area contributed by atoms with Crippen LogP contribution in [0.4, 0.5) is 0 Å². The lowest BCUT2D eigenvalue weighted by Crippen LogP contribution is -2.28. The minimum absolute atomic E-state index is 0.0941. The van der Waals surface area contributed by atoms with Crippen LogP contribution in [0, 0.1) is 5.41 Å². The zero-order valence-electron chi connectivity index (χ0n) is 7.17. The van der Waals surface area contributed by atoms with Gasteiger partial charge in [-0.25, -0.2) is 0 Å². The Morgan fingerprint density at radius 3 is 2.00 bits per heavy atom. The molecular weight excluding hydrogens is 140 g/mol. The van der Waals surface area contributed by atoms with Gasteiger partial charge in [-0.1, -0.05) is 24.3 Å². The molecule has 0 heterocycles. The monoisotopic (exact) mass is 156 g/mol. The Morgan fingerprint density at radius 1 is 1.45 bits per heavy atom. The molecule has 0 aliphatic heterocycles. The Labute approximate surface area is 67.9 Å².